The molecule has 1 aromatic rings. The van der Waals surface area contributed by atoms with Crippen LogP contribution in [0.3, 0.4) is 0 Å². The molecule has 0 radical (unpaired) electrons. The van der Waals surface area contributed by atoms with E-state index >= 15 is 0 Å². The van der Waals surface area contributed by atoms with E-state index in [-0.39, 0.29) is 18.7 Å². The molecule has 1 aliphatic heterocycles. The number of nitriles is 1. The van der Waals surface area contributed by atoms with E-state index in [0.717, 1.165) is 49.2 Å². The Morgan fingerprint density at radius 1 is 1.32 bits per heavy atom. The van der Waals surface area contributed by atoms with Gasteiger partial charge in [0.25, 0.3) is 0 Å². The smallest absolute Gasteiger partial charge is 0.238 e. The van der Waals surface area contributed by atoms with Gasteiger partial charge < -0.3 is 14.8 Å². The fourth-order valence-corrected chi connectivity index (χ4v) is 3.42. The van der Waals surface area contributed by atoms with E-state index in [1.165, 1.54) is 0 Å². The van der Waals surface area contributed by atoms with Gasteiger partial charge in [-0.25, -0.2) is 0 Å². The number of fused-ring (bicyclic) bond motifs is 1. The first-order valence-corrected chi connectivity index (χ1v) is 8.85. The molecule has 3 rings (SSSR count). The predicted molar refractivity (Wildman–Crippen MR) is 93.1 cm³/mol. The van der Waals surface area contributed by atoms with Crippen molar-refractivity contribution in [2.75, 3.05) is 13.8 Å². The van der Waals surface area contributed by atoms with Crippen LogP contribution in [0.2, 0.25) is 0 Å². The van der Waals surface area contributed by atoms with Crippen LogP contribution in [0, 0.1) is 11.3 Å². The normalized spacial score (nSPS) is 19.3. The second-order valence-electron chi connectivity index (χ2n) is 7.02. The molecule has 0 spiro atoms. The number of carbonyl (C=O) groups excluding carboxylic acids is 1. The van der Waals surface area contributed by atoms with Gasteiger partial charge in [-0.05, 0) is 44.5 Å². The number of nitrogens with one attached hydrogen (secondary N) is 1. The molecular weight excluding hydrogens is 318 g/mol. The van der Waals surface area contributed by atoms with Crippen LogP contribution in [0.1, 0.15) is 44.6 Å². The van der Waals surface area contributed by atoms with Gasteiger partial charge in [-0.1, -0.05) is 25.3 Å². The van der Waals surface area contributed by atoms with Crippen molar-refractivity contribution in [2.45, 2.75) is 57.2 Å². The quantitative estimate of drug-likeness (QED) is 0.889. The van der Waals surface area contributed by atoms with Crippen LogP contribution in [0.25, 0.3) is 0 Å². The molecule has 1 heterocycles. The van der Waals surface area contributed by atoms with Crippen molar-refractivity contribution in [3.05, 3.63) is 23.8 Å². The number of ether oxygens (including phenoxy) is 2. The Kier molecular flexibility index (Phi) is 5.14. The van der Waals surface area contributed by atoms with Gasteiger partial charge in [0.2, 0.25) is 12.7 Å². The van der Waals surface area contributed by atoms with Crippen LogP contribution < -0.4 is 14.8 Å². The molecule has 1 amide bonds. The van der Waals surface area contributed by atoms with E-state index in [1.54, 1.807) is 0 Å². The van der Waals surface area contributed by atoms with Crippen LogP contribution in [-0.2, 0) is 11.3 Å². The number of hydrogen-bond acceptors (Lipinski definition) is 5. The van der Waals surface area contributed by atoms with Gasteiger partial charge in [0.1, 0.15) is 5.54 Å². The third-order valence-electron chi connectivity index (χ3n) is 5.19. The first-order chi connectivity index (χ1) is 12.0. The summed E-state index contributed by atoms with van der Waals surface area (Å²) in [6, 6.07) is 7.83. The topological polar surface area (TPSA) is 74.6 Å². The molecule has 1 unspecified atom stereocenters. The van der Waals surface area contributed by atoms with Gasteiger partial charge in [0.05, 0.1) is 12.1 Å². The van der Waals surface area contributed by atoms with Crippen LogP contribution in [0.4, 0.5) is 0 Å². The number of rotatable bonds is 5. The van der Waals surface area contributed by atoms with Gasteiger partial charge in [0, 0.05) is 6.54 Å². The zero-order valence-corrected chi connectivity index (χ0v) is 14.9. The molecule has 25 heavy (non-hydrogen) atoms. The minimum Gasteiger partial charge on any atom is -0.454 e. The lowest BCUT2D eigenvalue weighted by molar-refractivity contribution is -0.127. The summed E-state index contributed by atoms with van der Waals surface area (Å²) in [4.78, 5) is 14.6. The highest BCUT2D eigenvalue weighted by atomic mass is 16.7. The van der Waals surface area contributed by atoms with Crippen LogP contribution in [0.5, 0.6) is 11.5 Å². The van der Waals surface area contributed by atoms with Crippen molar-refractivity contribution in [3.8, 4) is 17.6 Å². The Bertz CT molecular complexity index is 677. The largest absolute Gasteiger partial charge is 0.454 e. The van der Waals surface area contributed by atoms with E-state index in [4.69, 9.17) is 9.47 Å². The summed E-state index contributed by atoms with van der Waals surface area (Å²) in [5, 5.41) is 12.5. The highest BCUT2D eigenvalue weighted by Gasteiger charge is 2.35. The molecule has 134 valence electrons. The van der Waals surface area contributed by atoms with E-state index < -0.39 is 5.54 Å². The Labute approximate surface area is 148 Å². The maximum absolute atomic E-state index is 12.6. The van der Waals surface area contributed by atoms with Gasteiger partial charge in [-0.3, -0.25) is 9.69 Å². The van der Waals surface area contributed by atoms with E-state index in [0.29, 0.717) is 6.54 Å². The maximum atomic E-state index is 12.6. The molecule has 1 aromatic carbocycles. The van der Waals surface area contributed by atoms with Gasteiger partial charge in [-0.15, -0.1) is 0 Å². The average Bonchev–Trinajstić information content (AvgIpc) is 3.09. The number of carbonyl (C=O) groups is 1. The van der Waals surface area contributed by atoms with Crippen LogP contribution in [-0.4, -0.2) is 36.2 Å². The Balaban J connectivity index is 1.60. The summed E-state index contributed by atoms with van der Waals surface area (Å²) in [5.74, 6) is 1.41. The number of amides is 1. The number of likely N-dealkylation sites (N-methyl/N-ethyl adjacent to an activating group) is 1. The molecule has 0 aromatic heterocycles. The summed E-state index contributed by atoms with van der Waals surface area (Å²) in [7, 11) is 1.91. The second kappa shape index (κ2) is 7.32. The molecule has 1 fully saturated rings. The molecule has 1 N–H and O–H groups in total. The van der Waals surface area contributed by atoms with Crippen LogP contribution in [0.15, 0.2) is 18.2 Å². The standard InChI is InChI=1S/C19H25N3O3/c1-14(18(23)21-19(12-20)8-4-3-5-9-19)22(2)11-15-6-7-16-17(10-15)25-13-24-16/h6-7,10,14H,3-5,8-9,11,13H2,1-2H3,(H,21,23). The summed E-state index contributed by atoms with van der Waals surface area (Å²) < 4.78 is 10.7. The molecule has 0 saturated heterocycles. The lowest BCUT2D eigenvalue weighted by Crippen LogP contribution is -2.54. The Morgan fingerprint density at radius 3 is 2.76 bits per heavy atom. The molecule has 1 atom stereocenters. The van der Waals surface area contributed by atoms with Gasteiger partial charge >= 0.3 is 0 Å². The first-order valence-electron chi connectivity index (χ1n) is 8.85. The summed E-state index contributed by atoms with van der Waals surface area (Å²) >= 11 is 0. The van der Waals surface area contributed by atoms with Crippen molar-refractivity contribution in [1.29, 1.82) is 5.26 Å². The number of hydrogen-bond donors (Lipinski definition) is 1. The maximum Gasteiger partial charge on any atom is 0.238 e. The van der Waals surface area contributed by atoms with Gasteiger partial charge in [0.15, 0.2) is 11.5 Å². The highest BCUT2D eigenvalue weighted by Crippen LogP contribution is 2.33. The minimum atomic E-state index is -0.691. The third kappa shape index (κ3) is 3.88. The van der Waals surface area contributed by atoms with Crippen LogP contribution >= 0.6 is 0 Å². The molecule has 0 bridgehead atoms. The molecule has 2 aliphatic rings. The number of nitrogens with zero attached hydrogens (tertiary/aromatic N) is 2. The van der Waals surface area contributed by atoms with Crippen molar-refractivity contribution in [1.82, 2.24) is 10.2 Å². The summed E-state index contributed by atoms with van der Waals surface area (Å²) in [5.41, 5.74) is 0.363. The fourth-order valence-electron chi connectivity index (χ4n) is 3.42. The SMILES string of the molecule is CC(C(=O)NC1(C#N)CCCCC1)N(C)Cc1ccc2c(c1)OCO2. The third-order valence-corrected chi connectivity index (χ3v) is 5.19. The lowest BCUT2D eigenvalue weighted by Gasteiger charge is -2.34. The van der Waals surface area contributed by atoms with Crippen molar-refractivity contribution >= 4 is 5.91 Å². The highest BCUT2D eigenvalue weighted by molar-refractivity contribution is 5.82. The zero-order chi connectivity index (χ0) is 17.9. The van der Waals surface area contributed by atoms with E-state index in [1.807, 2.05) is 37.1 Å². The molecule has 6 heteroatoms. The summed E-state index contributed by atoms with van der Waals surface area (Å²) in [6.07, 6.45) is 4.62. The molecule has 1 saturated carbocycles. The van der Waals surface area contributed by atoms with Crippen molar-refractivity contribution in [2.24, 2.45) is 0 Å². The fraction of sp³-hybridized carbons (Fsp3) is 0.579. The van der Waals surface area contributed by atoms with E-state index in [2.05, 4.69) is 11.4 Å². The predicted octanol–water partition coefficient (Wildman–Crippen LogP) is 2.58. The Hall–Kier alpha value is -2.26. The molecule has 1 aliphatic carbocycles. The number of benzene rings is 1. The monoisotopic (exact) mass is 343 g/mol. The first kappa shape index (κ1) is 17.6. The minimum absolute atomic E-state index is 0.0910. The summed E-state index contributed by atoms with van der Waals surface area (Å²) in [6.45, 7) is 2.74. The molecule has 6 nitrogen and oxygen atoms in total. The second-order valence-corrected chi connectivity index (χ2v) is 7.02. The Morgan fingerprint density at radius 2 is 2.04 bits per heavy atom. The average molecular weight is 343 g/mol. The van der Waals surface area contributed by atoms with Crippen molar-refractivity contribution < 1.29 is 14.3 Å². The van der Waals surface area contributed by atoms with E-state index in [9.17, 15) is 10.1 Å². The molecular formula is C19H25N3O3. The lowest BCUT2D eigenvalue weighted by atomic mass is 9.82. The zero-order valence-electron chi connectivity index (χ0n) is 14.9. The van der Waals surface area contributed by atoms with Gasteiger partial charge in [-0.2, -0.15) is 5.26 Å². The van der Waals surface area contributed by atoms with Crippen molar-refractivity contribution in [3.63, 3.8) is 0 Å².